The highest BCUT2D eigenvalue weighted by molar-refractivity contribution is 5.78. The van der Waals surface area contributed by atoms with E-state index in [2.05, 4.69) is 42.3 Å². The molecule has 0 unspecified atom stereocenters. The van der Waals surface area contributed by atoms with Crippen LogP contribution in [-0.2, 0) is 19.0 Å². The van der Waals surface area contributed by atoms with Crippen molar-refractivity contribution in [3.05, 3.63) is 5.69 Å². The van der Waals surface area contributed by atoms with E-state index in [1.807, 2.05) is 11.7 Å². The van der Waals surface area contributed by atoms with E-state index in [4.69, 9.17) is 5.73 Å². The fraction of sp³-hybridized carbons (Fsp3) is 0.667. The van der Waals surface area contributed by atoms with Crippen molar-refractivity contribution >= 4 is 17.1 Å². The lowest BCUT2D eigenvalue weighted by Crippen LogP contribution is -2.27. The largest absolute Gasteiger partial charge is 0.369 e. The Labute approximate surface area is 102 Å². The Balaban J connectivity index is 2.80. The zero-order chi connectivity index (χ0) is 12.8. The van der Waals surface area contributed by atoms with E-state index in [1.54, 1.807) is 0 Å². The Morgan fingerprint density at radius 1 is 1.29 bits per heavy atom. The molecule has 2 rings (SSSR count). The lowest BCUT2D eigenvalue weighted by atomic mass is 10.0. The third-order valence-corrected chi connectivity index (χ3v) is 3.54. The summed E-state index contributed by atoms with van der Waals surface area (Å²) in [5.74, 6) is 0.578. The average Bonchev–Trinajstić information content (AvgIpc) is 2.76. The number of anilines is 1. The van der Waals surface area contributed by atoms with E-state index in [0.29, 0.717) is 5.95 Å². The molecule has 0 atom stereocenters. The van der Waals surface area contributed by atoms with Crippen LogP contribution >= 0.6 is 0 Å². The number of hydrogen-bond acceptors (Lipinski definition) is 3. The molecule has 0 radical (unpaired) electrons. The smallest absolute Gasteiger partial charge is 0.203 e. The highest BCUT2D eigenvalue weighted by atomic mass is 15.4. The second-order valence-corrected chi connectivity index (χ2v) is 5.07. The van der Waals surface area contributed by atoms with Crippen LogP contribution in [0.1, 0.15) is 39.8 Å². The van der Waals surface area contributed by atoms with Crippen molar-refractivity contribution in [2.45, 2.75) is 46.1 Å². The van der Waals surface area contributed by atoms with Crippen molar-refractivity contribution in [1.29, 1.82) is 0 Å². The molecular weight excluding hydrogens is 214 g/mol. The van der Waals surface area contributed by atoms with Crippen molar-refractivity contribution in [2.75, 3.05) is 5.73 Å². The van der Waals surface area contributed by atoms with Gasteiger partial charge < -0.3 is 5.73 Å². The standard InChI is InChI=1S/C12H21N5/c1-6-8-9-10(16(5)15-8)17(11(13)14-9)12(3,4)7-2/h6-7H2,1-5H3,(H2,13,14). The van der Waals surface area contributed by atoms with Crippen LogP contribution in [0.2, 0.25) is 0 Å². The number of fused-ring (bicyclic) bond motifs is 1. The van der Waals surface area contributed by atoms with Gasteiger partial charge in [-0.1, -0.05) is 13.8 Å². The van der Waals surface area contributed by atoms with E-state index in [0.717, 1.165) is 29.7 Å². The first-order valence-corrected chi connectivity index (χ1v) is 6.12. The summed E-state index contributed by atoms with van der Waals surface area (Å²) in [5, 5.41) is 4.50. The first-order valence-electron chi connectivity index (χ1n) is 6.12. The summed E-state index contributed by atoms with van der Waals surface area (Å²) in [7, 11) is 1.95. The Morgan fingerprint density at radius 3 is 2.47 bits per heavy atom. The van der Waals surface area contributed by atoms with Crippen molar-refractivity contribution in [3.8, 4) is 0 Å². The van der Waals surface area contributed by atoms with Gasteiger partial charge >= 0.3 is 0 Å². The van der Waals surface area contributed by atoms with E-state index in [9.17, 15) is 0 Å². The molecule has 5 heteroatoms. The third-order valence-electron chi connectivity index (χ3n) is 3.54. The second kappa shape index (κ2) is 3.75. The van der Waals surface area contributed by atoms with E-state index in [-0.39, 0.29) is 5.54 Å². The lowest BCUT2D eigenvalue weighted by Gasteiger charge is -2.26. The summed E-state index contributed by atoms with van der Waals surface area (Å²) >= 11 is 0. The van der Waals surface area contributed by atoms with Crippen molar-refractivity contribution in [3.63, 3.8) is 0 Å². The molecule has 2 aromatic rings. The molecule has 2 N–H and O–H groups in total. The number of rotatable bonds is 3. The number of nitrogens with zero attached hydrogens (tertiary/aromatic N) is 4. The maximum Gasteiger partial charge on any atom is 0.203 e. The molecule has 0 spiro atoms. The van der Waals surface area contributed by atoms with Crippen LogP contribution in [0.25, 0.3) is 11.2 Å². The number of nitrogen functional groups attached to an aromatic ring is 1. The van der Waals surface area contributed by atoms with Gasteiger partial charge in [-0.2, -0.15) is 5.10 Å². The number of imidazole rings is 1. The molecule has 2 aromatic heterocycles. The van der Waals surface area contributed by atoms with Gasteiger partial charge in [0, 0.05) is 12.6 Å². The normalized spacial score (nSPS) is 12.5. The third kappa shape index (κ3) is 1.61. The predicted octanol–water partition coefficient (Wildman–Crippen LogP) is 2.06. The SMILES string of the molecule is CCc1nn(C)c2c1nc(N)n2C(C)(C)CC. The van der Waals surface area contributed by atoms with Crippen LogP contribution in [0, 0.1) is 0 Å². The summed E-state index contributed by atoms with van der Waals surface area (Å²) in [5.41, 5.74) is 8.99. The van der Waals surface area contributed by atoms with Gasteiger partial charge in [0.2, 0.25) is 5.95 Å². The van der Waals surface area contributed by atoms with Gasteiger partial charge in [-0.05, 0) is 26.7 Å². The quantitative estimate of drug-likeness (QED) is 0.885. The zero-order valence-corrected chi connectivity index (χ0v) is 11.3. The van der Waals surface area contributed by atoms with Gasteiger partial charge in [-0.15, -0.1) is 0 Å². The molecule has 0 fully saturated rings. The Kier molecular flexibility index (Phi) is 2.64. The Hall–Kier alpha value is -1.52. The molecule has 0 aromatic carbocycles. The number of aromatic nitrogens is 4. The molecule has 2 heterocycles. The van der Waals surface area contributed by atoms with Crippen LogP contribution < -0.4 is 5.73 Å². The van der Waals surface area contributed by atoms with Gasteiger partial charge in [-0.3, -0.25) is 9.25 Å². The van der Waals surface area contributed by atoms with E-state index in [1.165, 1.54) is 0 Å². The lowest BCUT2D eigenvalue weighted by molar-refractivity contribution is 0.352. The summed E-state index contributed by atoms with van der Waals surface area (Å²) in [6.45, 7) is 8.58. The van der Waals surface area contributed by atoms with Crippen molar-refractivity contribution < 1.29 is 0 Å². The van der Waals surface area contributed by atoms with Crippen molar-refractivity contribution in [2.24, 2.45) is 7.05 Å². The summed E-state index contributed by atoms with van der Waals surface area (Å²) in [6, 6.07) is 0. The Bertz CT molecular complexity index is 547. The Morgan fingerprint density at radius 2 is 1.94 bits per heavy atom. The average molecular weight is 235 g/mol. The summed E-state index contributed by atoms with van der Waals surface area (Å²) < 4.78 is 3.98. The number of aryl methyl sites for hydroxylation is 2. The predicted molar refractivity (Wildman–Crippen MR) is 69.9 cm³/mol. The van der Waals surface area contributed by atoms with Crippen LogP contribution in [-0.4, -0.2) is 19.3 Å². The summed E-state index contributed by atoms with van der Waals surface area (Å²) in [4.78, 5) is 4.48. The molecule has 0 bridgehead atoms. The number of hydrogen-bond donors (Lipinski definition) is 1. The van der Waals surface area contributed by atoms with Crippen LogP contribution in [0.5, 0.6) is 0 Å². The zero-order valence-electron chi connectivity index (χ0n) is 11.3. The molecule has 5 nitrogen and oxygen atoms in total. The van der Waals surface area contributed by atoms with E-state index < -0.39 is 0 Å². The minimum absolute atomic E-state index is 0.0440. The topological polar surface area (TPSA) is 61.7 Å². The molecule has 0 aliphatic heterocycles. The van der Waals surface area contributed by atoms with Gasteiger partial charge in [0.25, 0.3) is 0 Å². The number of nitrogens with two attached hydrogens (primary N) is 1. The van der Waals surface area contributed by atoms with E-state index >= 15 is 0 Å². The minimum Gasteiger partial charge on any atom is -0.369 e. The van der Waals surface area contributed by atoms with Gasteiger partial charge in [0.15, 0.2) is 5.65 Å². The summed E-state index contributed by atoms with van der Waals surface area (Å²) in [6.07, 6.45) is 1.87. The molecule has 17 heavy (non-hydrogen) atoms. The minimum atomic E-state index is -0.0440. The first kappa shape index (κ1) is 12.0. The highest BCUT2D eigenvalue weighted by Gasteiger charge is 2.26. The molecule has 94 valence electrons. The van der Waals surface area contributed by atoms with Crippen LogP contribution in [0.4, 0.5) is 5.95 Å². The monoisotopic (exact) mass is 235 g/mol. The fourth-order valence-corrected chi connectivity index (χ4v) is 2.19. The van der Waals surface area contributed by atoms with Gasteiger partial charge in [0.1, 0.15) is 5.52 Å². The molecular formula is C12H21N5. The molecule has 0 amide bonds. The molecule has 0 saturated heterocycles. The molecule has 0 aliphatic carbocycles. The highest BCUT2D eigenvalue weighted by Crippen LogP contribution is 2.30. The maximum atomic E-state index is 6.06. The van der Waals surface area contributed by atoms with Crippen LogP contribution in [0.15, 0.2) is 0 Å². The van der Waals surface area contributed by atoms with Crippen molar-refractivity contribution in [1.82, 2.24) is 19.3 Å². The first-order chi connectivity index (χ1) is 7.92. The fourth-order valence-electron chi connectivity index (χ4n) is 2.19. The maximum absolute atomic E-state index is 6.06. The molecule has 0 saturated carbocycles. The molecule has 0 aliphatic rings. The van der Waals surface area contributed by atoms with Crippen LogP contribution in [0.3, 0.4) is 0 Å². The van der Waals surface area contributed by atoms with Gasteiger partial charge in [-0.25, -0.2) is 4.98 Å². The second-order valence-electron chi connectivity index (χ2n) is 5.07. The van der Waals surface area contributed by atoms with Gasteiger partial charge in [0.05, 0.1) is 5.69 Å².